The fourth-order valence-corrected chi connectivity index (χ4v) is 5.42. The van der Waals surface area contributed by atoms with Crippen LogP contribution >= 0.6 is 11.3 Å². The van der Waals surface area contributed by atoms with Crippen LogP contribution in [0.25, 0.3) is 20.8 Å². The third kappa shape index (κ3) is 5.72. The van der Waals surface area contributed by atoms with Crippen LogP contribution in [0.2, 0.25) is 0 Å². The summed E-state index contributed by atoms with van der Waals surface area (Å²) in [5, 5.41) is 13.1. The molecule has 1 saturated heterocycles. The van der Waals surface area contributed by atoms with Crippen LogP contribution in [0, 0.1) is 0 Å². The first-order valence-electron chi connectivity index (χ1n) is 11.5. The van der Waals surface area contributed by atoms with E-state index in [2.05, 4.69) is 31.1 Å². The number of hydrogen-bond donors (Lipinski definition) is 3. The number of amides is 1. The molecule has 0 radical (unpaired) electrons. The third-order valence-corrected chi connectivity index (χ3v) is 7.22. The molecule has 0 aliphatic carbocycles. The first-order chi connectivity index (χ1) is 17.8. The van der Waals surface area contributed by atoms with Crippen molar-refractivity contribution in [1.82, 2.24) is 25.8 Å². The second-order valence-electron chi connectivity index (χ2n) is 8.58. The number of piperidine rings is 1. The number of benzene rings is 1. The number of fused-ring (bicyclic) bond motifs is 1. The van der Waals surface area contributed by atoms with Crippen molar-refractivity contribution >= 4 is 33.0 Å². The predicted molar refractivity (Wildman–Crippen MR) is 130 cm³/mol. The van der Waals surface area contributed by atoms with E-state index in [1.165, 1.54) is 12.4 Å². The van der Waals surface area contributed by atoms with Gasteiger partial charge in [0.05, 0.1) is 39.8 Å². The Balaban J connectivity index is 1.44. The Morgan fingerprint density at radius 1 is 1.24 bits per heavy atom. The number of alkyl halides is 4. The van der Waals surface area contributed by atoms with Crippen molar-refractivity contribution < 1.29 is 26.9 Å². The average molecular weight is 535 g/mol. The standard InChI is InChI=1S/C24H22F4N6O2S/c25-16-11-30-8-6-17(16)32-18-5-1-4-14-15(9-24(26,27)28)21(37-20(14)18)22-33-19(36-34-22)12-31-23(35)13-3-2-7-29-10-13/h1-5,7,10,16-17,30,32H,6,8-9,11-12H2,(H,31,35)/t16-,17+/m0/s1. The van der Waals surface area contributed by atoms with E-state index in [0.717, 1.165) is 11.3 Å². The van der Waals surface area contributed by atoms with Gasteiger partial charge in [0.1, 0.15) is 6.17 Å². The van der Waals surface area contributed by atoms with Crippen molar-refractivity contribution in [2.24, 2.45) is 0 Å². The van der Waals surface area contributed by atoms with E-state index >= 15 is 0 Å². The molecule has 4 heterocycles. The number of nitrogens with zero attached hydrogens (tertiary/aromatic N) is 3. The zero-order valence-corrected chi connectivity index (χ0v) is 20.1. The Morgan fingerprint density at radius 3 is 2.86 bits per heavy atom. The van der Waals surface area contributed by atoms with Gasteiger partial charge in [0.15, 0.2) is 0 Å². The van der Waals surface area contributed by atoms with Gasteiger partial charge in [0, 0.05) is 18.9 Å². The summed E-state index contributed by atoms with van der Waals surface area (Å²) in [6.45, 7) is 0.748. The number of carbonyl (C=O) groups is 1. The number of anilines is 1. The Bertz CT molecular complexity index is 1390. The number of aromatic nitrogens is 3. The quantitative estimate of drug-likeness (QED) is 0.300. The minimum absolute atomic E-state index is 0.0118. The zero-order chi connectivity index (χ0) is 26.0. The van der Waals surface area contributed by atoms with Gasteiger partial charge >= 0.3 is 6.18 Å². The fraction of sp³-hybridized carbons (Fsp3) is 0.333. The SMILES string of the molecule is O=C(NCc1nc(-c2sc3c(N[C@@H]4CCNC[C@@H]4F)cccc3c2CC(F)(F)F)no1)c1cccnc1. The number of nitrogens with one attached hydrogen (secondary N) is 3. The largest absolute Gasteiger partial charge is 0.393 e. The van der Waals surface area contributed by atoms with E-state index in [4.69, 9.17) is 4.52 Å². The molecule has 13 heteroatoms. The van der Waals surface area contributed by atoms with Crippen LogP contribution in [0.1, 0.15) is 28.2 Å². The summed E-state index contributed by atoms with van der Waals surface area (Å²) >= 11 is 1.09. The Kier molecular flexibility index (Phi) is 7.07. The average Bonchev–Trinajstić information content (AvgIpc) is 3.49. The molecule has 4 aromatic rings. The molecule has 1 fully saturated rings. The van der Waals surface area contributed by atoms with Gasteiger partial charge in [-0.2, -0.15) is 18.2 Å². The van der Waals surface area contributed by atoms with E-state index in [-0.39, 0.29) is 35.2 Å². The Labute approximate surface area is 212 Å². The molecule has 1 amide bonds. The van der Waals surface area contributed by atoms with Crippen LogP contribution in [0.3, 0.4) is 0 Å². The van der Waals surface area contributed by atoms with E-state index in [1.807, 2.05) is 0 Å². The molecular weight excluding hydrogens is 512 g/mol. The molecule has 3 aromatic heterocycles. The molecule has 2 atom stereocenters. The van der Waals surface area contributed by atoms with Crippen molar-refractivity contribution in [1.29, 1.82) is 0 Å². The maximum atomic E-state index is 14.4. The van der Waals surface area contributed by atoms with Crippen molar-refractivity contribution in [3.8, 4) is 10.7 Å². The summed E-state index contributed by atoms with van der Waals surface area (Å²) in [6.07, 6.45) is -3.31. The lowest BCUT2D eigenvalue weighted by molar-refractivity contribution is -0.126. The number of halogens is 4. The summed E-state index contributed by atoms with van der Waals surface area (Å²) in [4.78, 5) is 20.6. The Morgan fingerprint density at radius 2 is 2.11 bits per heavy atom. The van der Waals surface area contributed by atoms with Gasteiger partial charge in [-0.05, 0) is 42.1 Å². The van der Waals surface area contributed by atoms with E-state index in [0.29, 0.717) is 34.3 Å². The number of pyridine rings is 1. The topological polar surface area (TPSA) is 105 Å². The van der Waals surface area contributed by atoms with Crippen LogP contribution in [0.5, 0.6) is 0 Å². The van der Waals surface area contributed by atoms with Crippen LogP contribution in [0.15, 0.2) is 47.2 Å². The van der Waals surface area contributed by atoms with Crippen LogP contribution in [0.4, 0.5) is 23.2 Å². The predicted octanol–water partition coefficient (Wildman–Crippen LogP) is 4.49. The molecule has 1 aromatic carbocycles. The van der Waals surface area contributed by atoms with Crippen molar-refractivity contribution in [3.63, 3.8) is 0 Å². The molecule has 0 spiro atoms. The Hall–Kier alpha value is -3.58. The lowest BCUT2D eigenvalue weighted by Crippen LogP contribution is -2.45. The second kappa shape index (κ2) is 10.4. The molecular formula is C24H22F4N6O2S. The van der Waals surface area contributed by atoms with Gasteiger partial charge < -0.3 is 20.5 Å². The monoisotopic (exact) mass is 534 g/mol. The molecule has 1 aliphatic heterocycles. The van der Waals surface area contributed by atoms with Gasteiger partial charge in [0.2, 0.25) is 11.7 Å². The van der Waals surface area contributed by atoms with Gasteiger partial charge in [-0.3, -0.25) is 9.78 Å². The highest BCUT2D eigenvalue weighted by atomic mass is 32.1. The van der Waals surface area contributed by atoms with Gasteiger partial charge in [-0.1, -0.05) is 17.3 Å². The molecule has 194 valence electrons. The summed E-state index contributed by atoms with van der Waals surface area (Å²) in [5.41, 5.74) is 0.910. The maximum absolute atomic E-state index is 14.4. The zero-order valence-electron chi connectivity index (χ0n) is 19.3. The summed E-state index contributed by atoms with van der Waals surface area (Å²) in [7, 11) is 0. The minimum Gasteiger partial charge on any atom is -0.378 e. The van der Waals surface area contributed by atoms with Crippen molar-refractivity contribution in [2.75, 3.05) is 18.4 Å². The van der Waals surface area contributed by atoms with Crippen LogP contribution < -0.4 is 16.0 Å². The third-order valence-electron chi connectivity index (χ3n) is 5.94. The number of rotatable bonds is 7. The first-order valence-corrected chi connectivity index (χ1v) is 12.3. The fourth-order valence-electron chi connectivity index (χ4n) is 4.20. The molecule has 5 rings (SSSR count). The lowest BCUT2D eigenvalue weighted by Gasteiger charge is -2.28. The van der Waals surface area contributed by atoms with Crippen molar-refractivity contribution in [3.05, 3.63) is 59.7 Å². The maximum Gasteiger partial charge on any atom is 0.393 e. The van der Waals surface area contributed by atoms with E-state index < -0.39 is 30.7 Å². The summed E-state index contributed by atoms with van der Waals surface area (Å²) < 4.78 is 60.9. The second-order valence-corrected chi connectivity index (χ2v) is 9.60. The molecule has 3 N–H and O–H groups in total. The minimum atomic E-state index is -4.48. The molecule has 0 bridgehead atoms. The summed E-state index contributed by atoms with van der Waals surface area (Å²) in [5.74, 6) is -0.384. The highest BCUT2D eigenvalue weighted by Crippen LogP contribution is 2.43. The number of hydrogen-bond acceptors (Lipinski definition) is 8. The van der Waals surface area contributed by atoms with Gasteiger partial charge in [-0.25, -0.2) is 4.39 Å². The van der Waals surface area contributed by atoms with Crippen molar-refractivity contribution in [2.45, 2.75) is 37.8 Å². The smallest absolute Gasteiger partial charge is 0.378 e. The first kappa shape index (κ1) is 25.1. The number of thiophene rings is 1. The highest BCUT2D eigenvalue weighted by Gasteiger charge is 2.33. The molecule has 8 nitrogen and oxygen atoms in total. The van der Waals surface area contributed by atoms with Crippen LogP contribution in [-0.4, -0.2) is 52.5 Å². The van der Waals surface area contributed by atoms with Gasteiger partial charge in [-0.15, -0.1) is 11.3 Å². The molecule has 0 unspecified atom stereocenters. The normalized spacial score (nSPS) is 18.2. The van der Waals surface area contributed by atoms with Gasteiger partial charge in [0.25, 0.3) is 5.91 Å². The molecule has 0 saturated carbocycles. The van der Waals surface area contributed by atoms with Crippen LogP contribution in [-0.2, 0) is 13.0 Å². The molecule has 37 heavy (non-hydrogen) atoms. The molecule has 1 aliphatic rings. The van der Waals surface area contributed by atoms with E-state index in [1.54, 1.807) is 30.3 Å². The summed E-state index contributed by atoms with van der Waals surface area (Å²) in [6, 6.07) is 7.72. The number of carbonyl (C=O) groups excluding carboxylic acids is 1. The van der Waals surface area contributed by atoms with E-state index in [9.17, 15) is 22.4 Å². The lowest BCUT2D eigenvalue weighted by atomic mass is 10.0. The highest BCUT2D eigenvalue weighted by molar-refractivity contribution is 7.23.